The first-order chi connectivity index (χ1) is 12.5. The average molecular weight is 372 g/mol. The number of benzene rings is 2. The van der Waals surface area contributed by atoms with Gasteiger partial charge >= 0.3 is 0 Å². The van der Waals surface area contributed by atoms with Gasteiger partial charge in [-0.2, -0.15) is 0 Å². The Labute approximate surface area is 156 Å². The van der Waals surface area contributed by atoms with Crippen LogP contribution in [0.4, 0.5) is 15.8 Å². The zero-order valence-corrected chi connectivity index (χ0v) is 15.8. The lowest BCUT2D eigenvalue weighted by Gasteiger charge is -2.17. The highest BCUT2D eigenvalue weighted by molar-refractivity contribution is 7.21. The van der Waals surface area contributed by atoms with Gasteiger partial charge in [-0.15, -0.1) is 11.3 Å². The molecule has 0 spiro atoms. The fraction of sp³-hybridized carbons (Fsp3) is 0.250. The van der Waals surface area contributed by atoms with E-state index in [1.165, 1.54) is 24.5 Å². The van der Waals surface area contributed by atoms with E-state index in [0.29, 0.717) is 21.5 Å². The highest BCUT2D eigenvalue weighted by atomic mass is 32.1. The van der Waals surface area contributed by atoms with Crippen LogP contribution in [-0.2, 0) is 11.3 Å². The van der Waals surface area contributed by atoms with Crippen molar-refractivity contribution in [3.8, 4) is 0 Å². The van der Waals surface area contributed by atoms with Gasteiger partial charge in [0.1, 0.15) is 5.82 Å². The zero-order chi connectivity index (χ0) is 18.7. The SMILES string of the molecule is CCN(C)c1cccc(NC(=O)c2sc3cccc(F)c3c2COC)c1. The maximum absolute atomic E-state index is 14.3. The van der Waals surface area contributed by atoms with Crippen LogP contribution in [0, 0.1) is 5.82 Å². The number of nitrogens with zero attached hydrogens (tertiary/aromatic N) is 1. The number of amides is 1. The molecule has 1 amide bonds. The van der Waals surface area contributed by atoms with Crippen LogP contribution in [0.5, 0.6) is 0 Å². The number of carbonyl (C=O) groups excluding carboxylic acids is 1. The van der Waals surface area contributed by atoms with Crippen molar-refractivity contribution < 1.29 is 13.9 Å². The van der Waals surface area contributed by atoms with E-state index in [1.807, 2.05) is 37.4 Å². The summed E-state index contributed by atoms with van der Waals surface area (Å²) in [5, 5.41) is 3.39. The highest BCUT2D eigenvalue weighted by Gasteiger charge is 2.21. The van der Waals surface area contributed by atoms with Crippen LogP contribution in [0.1, 0.15) is 22.2 Å². The summed E-state index contributed by atoms with van der Waals surface area (Å²) in [6.07, 6.45) is 0. The molecule has 2 aromatic carbocycles. The van der Waals surface area contributed by atoms with Crippen LogP contribution in [0.25, 0.3) is 10.1 Å². The summed E-state index contributed by atoms with van der Waals surface area (Å²) >= 11 is 1.28. The lowest BCUT2D eigenvalue weighted by Crippen LogP contribution is -2.17. The standard InChI is InChI=1S/C20H21FN2O2S/c1-4-23(2)14-8-5-7-13(11-14)22-20(24)19-15(12-25-3)18-16(21)9-6-10-17(18)26-19/h5-11H,4,12H2,1-3H3,(H,22,24). The van der Waals surface area contributed by atoms with Gasteiger partial charge in [-0.25, -0.2) is 4.39 Å². The molecule has 0 saturated carbocycles. The molecule has 3 aromatic rings. The fourth-order valence-electron chi connectivity index (χ4n) is 2.82. The average Bonchev–Trinajstić information content (AvgIpc) is 3.01. The third-order valence-electron chi connectivity index (χ3n) is 4.28. The van der Waals surface area contributed by atoms with Crippen LogP contribution in [0.2, 0.25) is 0 Å². The van der Waals surface area contributed by atoms with E-state index in [-0.39, 0.29) is 18.3 Å². The van der Waals surface area contributed by atoms with Crippen molar-refractivity contribution in [2.75, 3.05) is 30.9 Å². The summed E-state index contributed by atoms with van der Waals surface area (Å²) in [5.41, 5.74) is 2.31. The minimum atomic E-state index is -0.337. The molecular formula is C20H21FN2O2S. The quantitative estimate of drug-likeness (QED) is 0.669. The largest absolute Gasteiger partial charge is 0.380 e. The summed E-state index contributed by atoms with van der Waals surface area (Å²) in [7, 11) is 3.53. The third-order valence-corrected chi connectivity index (χ3v) is 5.47. The van der Waals surface area contributed by atoms with Gasteiger partial charge in [0.25, 0.3) is 5.91 Å². The molecule has 0 atom stereocenters. The molecule has 4 nitrogen and oxygen atoms in total. The number of thiophene rings is 1. The van der Waals surface area contributed by atoms with Gasteiger partial charge < -0.3 is 15.0 Å². The Morgan fingerprint density at radius 2 is 2.04 bits per heavy atom. The van der Waals surface area contributed by atoms with Crippen LogP contribution < -0.4 is 10.2 Å². The smallest absolute Gasteiger partial charge is 0.266 e. The van der Waals surface area contributed by atoms with E-state index in [1.54, 1.807) is 6.07 Å². The molecule has 0 aliphatic rings. The topological polar surface area (TPSA) is 41.6 Å². The maximum Gasteiger partial charge on any atom is 0.266 e. The van der Waals surface area contributed by atoms with E-state index in [9.17, 15) is 9.18 Å². The Morgan fingerprint density at radius 3 is 2.77 bits per heavy atom. The van der Waals surface area contributed by atoms with Crippen LogP contribution in [0.15, 0.2) is 42.5 Å². The molecular weight excluding hydrogens is 351 g/mol. The van der Waals surface area contributed by atoms with E-state index < -0.39 is 0 Å². The predicted molar refractivity (Wildman–Crippen MR) is 106 cm³/mol. The van der Waals surface area contributed by atoms with Gasteiger partial charge in [-0.1, -0.05) is 12.1 Å². The molecule has 0 unspecified atom stereocenters. The lowest BCUT2D eigenvalue weighted by atomic mass is 10.1. The van der Waals surface area contributed by atoms with Gasteiger partial charge in [0.15, 0.2) is 0 Å². The van der Waals surface area contributed by atoms with Crippen molar-refractivity contribution in [3.05, 3.63) is 58.7 Å². The first-order valence-electron chi connectivity index (χ1n) is 8.36. The molecule has 0 fully saturated rings. The van der Waals surface area contributed by atoms with Crippen LogP contribution in [-0.4, -0.2) is 26.6 Å². The molecule has 0 saturated heterocycles. The summed E-state index contributed by atoms with van der Waals surface area (Å²) in [5.74, 6) is -0.592. The normalized spacial score (nSPS) is 10.9. The Hall–Kier alpha value is -2.44. The number of halogens is 1. The molecule has 0 radical (unpaired) electrons. The van der Waals surface area contributed by atoms with E-state index in [0.717, 1.165) is 16.9 Å². The Morgan fingerprint density at radius 1 is 1.27 bits per heavy atom. The number of ether oxygens (including phenoxy) is 1. The van der Waals surface area contributed by atoms with Crippen molar-refractivity contribution in [2.24, 2.45) is 0 Å². The minimum absolute atomic E-state index is 0.183. The van der Waals surface area contributed by atoms with Crippen molar-refractivity contribution in [1.82, 2.24) is 0 Å². The van der Waals surface area contributed by atoms with Crippen molar-refractivity contribution in [3.63, 3.8) is 0 Å². The second-order valence-electron chi connectivity index (χ2n) is 5.97. The lowest BCUT2D eigenvalue weighted by molar-refractivity contribution is 0.102. The van der Waals surface area contributed by atoms with Crippen LogP contribution >= 0.6 is 11.3 Å². The summed E-state index contributed by atoms with van der Waals surface area (Å²) < 4.78 is 20.2. The van der Waals surface area contributed by atoms with Gasteiger partial charge in [-0.05, 0) is 37.3 Å². The predicted octanol–water partition coefficient (Wildman–Crippen LogP) is 4.90. The number of hydrogen-bond acceptors (Lipinski definition) is 4. The second kappa shape index (κ2) is 7.85. The Balaban J connectivity index is 1.95. The minimum Gasteiger partial charge on any atom is -0.380 e. The van der Waals surface area contributed by atoms with Gasteiger partial charge in [0.2, 0.25) is 0 Å². The Kier molecular flexibility index (Phi) is 5.54. The third kappa shape index (κ3) is 3.57. The molecule has 1 aromatic heterocycles. The summed E-state index contributed by atoms with van der Waals surface area (Å²) in [4.78, 5) is 15.4. The van der Waals surface area contributed by atoms with Gasteiger partial charge in [0, 0.05) is 47.7 Å². The van der Waals surface area contributed by atoms with E-state index in [2.05, 4.69) is 17.1 Å². The fourth-order valence-corrected chi connectivity index (χ4v) is 3.94. The van der Waals surface area contributed by atoms with Crippen LogP contribution in [0.3, 0.4) is 0 Å². The maximum atomic E-state index is 14.3. The molecule has 26 heavy (non-hydrogen) atoms. The summed E-state index contributed by atoms with van der Waals surface area (Å²) in [6, 6.07) is 12.5. The summed E-state index contributed by atoms with van der Waals surface area (Å²) in [6.45, 7) is 3.11. The molecule has 3 rings (SSSR count). The molecule has 0 aliphatic carbocycles. The van der Waals surface area contributed by atoms with Gasteiger partial charge in [0.05, 0.1) is 11.5 Å². The number of rotatable bonds is 6. The van der Waals surface area contributed by atoms with Crippen molar-refractivity contribution in [1.29, 1.82) is 0 Å². The zero-order valence-electron chi connectivity index (χ0n) is 15.0. The first kappa shape index (κ1) is 18.4. The van der Waals surface area contributed by atoms with Gasteiger partial charge in [-0.3, -0.25) is 4.79 Å². The van der Waals surface area contributed by atoms with E-state index >= 15 is 0 Å². The number of hydrogen-bond donors (Lipinski definition) is 1. The molecule has 0 aliphatic heterocycles. The van der Waals surface area contributed by atoms with Crippen molar-refractivity contribution >= 4 is 38.7 Å². The number of anilines is 2. The molecule has 6 heteroatoms. The monoisotopic (exact) mass is 372 g/mol. The highest BCUT2D eigenvalue weighted by Crippen LogP contribution is 2.34. The molecule has 1 N–H and O–H groups in total. The molecule has 1 heterocycles. The number of carbonyl (C=O) groups is 1. The number of fused-ring (bicyclic) bond motifs is 1. The first-order valence-corrected chi connectivity index (χ1v) is 9.18. The van der Waals surface area contributed by atoms with Crippen molar-refractivity contribution in [2.45, 2.75) is 13.5 Å². The molecule has 0 bridgehead atoms. The van der Waals surface area contributed by atoms with E-state index in [4.69, 9.17) is 4.74 Å². The second-order valence-corrected chi connectivity index (χ2v) is 7.03. The number of methoxy groups -OCH3 is 1. The number of nitrogens with one attached hydrogen (secondary N) is 1. The Bertz CT molecular complexity index is 939. The molecule has 136 valence electrons.